The summed E-state index contributed by atoms with van der Waals surface area (Å²) in [6.45, 7) is 0. The number of nitrogens with one attached hydrogen (secondary N) is 1. The lowest BCUT2D eigenvalue weighted by Crippen LogP contribution is -2.11. The molecule has 3 nitrogen and oxygen atoms in total. The van der Waals surface area contributed by atoms with Crippen LogP contribution in [-0.4, -0.2) is 14.2 Å². The normalized spacial score (nSPS) is 10.5. The zero-order valence-electron chi connectivity index (χ0n) is 16.0. The van der Waals surface area contributed by atoms with E-state index >= 15 is 0 Å². The number of pyridine rings is 1. The molecule has 0 atom stereocenters. The van der Waals surface area contributed by atoms with Crippen molar-refractivity contribution >= 4 is 0 Å². The standard InChI is InChI=1S/C25H21NO2/c1-27-22-12-8-19(9-13-22)24-16-21(18-6-4-3-5-7-18)17-25(26-24)20-10-14-23(28-2)15-11-20/h3-17H,1-2H3/p+1. The Morgan fingerprint density at radius 2 is 0.964 bits per heavy atom. The van der Waals surface area contributed by atoms with Crippen LogP contribution in [0.25, 0.3) is 33.6 Å². The third-order valence-corrected chi connectivity index (χ3v) is 4.78. The van der Waals surface area contributed by atoms with Gasteiger partial charge in [-0.2, -0.15) is 0 Å². The molecule has 138 valence electrons. The molecule has 0 spiro atoms. The fraction of sp³-hybridized carbons (Fsp3) is 0.0800. The van der Waals surface area contributed by atoms with Crippen molar-refractivity contribution in [2.75, 3.05) is 14.2 Å². The van der Waals surface area contributed by atoms with Crippen LogP contribution in [0, 0.1) is 0 Å². The van der Waals surface area contributed by atoms with Crippen LogP contribution in [0.15, 0.2) is 91.0 Å². The number of hydrogen-bond donors (Lipinski definition) is 0. The fourth-order valence-electron chi connectivity index (χ4n) is 3.22. The number of benzene rings is 3. The first-order chi connectivity index (χ1) is 13.8. The SMILES string of the molecule is COc1ccc(-c2cc(-c3ccccc3)cc(-c3ccc(OC)cc3)[nH+]2)cc1. The Morgan fingerprint density at radius 1 is 0.500 bits per heavy atom. The van der Waals surface area contributed by atoms with Gasteiger partial charge in [-0.05, 0) is 59.7 Å². The van der Waals surface area contributed by atoms with Crippen molar-refractivity contribution in [3.05, 3.63) is 91.0 Å². The zero-order chi connectivity index (χ0) is 19.3. The molecule has 0 radical (unpaired) electrons. The van der Waals surface area contributed by atoms with Crippen LogP contribution in [0.1, 0.15) is 0 Å². The van der Waals surface area contributed by atoms with Gasteiger partial charge < -0.3 is 9.47 Å². The van der Waals surface area contributed by atoms with Crippen LogP contribution in [0.5, 0.6) is 11.5 Å². The summed E-state index contributed by atoms with van der Waals surface area (Å²) in [5.74, 6) is 1.69. The van der Waals surface area contributed by atoms with Crippen molar-refractivity contribution in [1.82, 2.24) is 0 Å². The van der Waals surface area contributed by atoms with Crippen LogP contribution >= 0.6 is 0 Å². The summed E-state index contributed by atoms with van der Waals surface area (Å²) in [5.41, 5.74) is 6.66. The minimum Gasteiger partial charge on any atom is -0.497 e. The molecule has 0 bridgehead atoms. The molecule has 0 saturated carbocycles. The lowest BCUT2D eigenvalue weighted by atomic mass is 10.00. The molecule has 3 aromatic carbocycles. The number of methoxy groups -OCH3 is 2. The van der Waals surface area contributed by atoms with Gasteiger partial charge in [-0.3, -0.25) is 0 Å². The monoisotopic (exact) mass is 368 g/mol. The maximum atomic E-state index is 5.29. The second-order valence-electron chi connectivity index (χ2n) is 6.52. The van der Waals surface area contributed by atoms with E-state index in [1.54, 1.807) is 14.2 Å². The summed E-state index contributed by atoms with van der Waals surface area (Å²) in [5, 5.41) is 0. The maximum Gasteiger partial charge on any atom is 0.211 e. The predicted octanol–water partition coefficient (Wildman–Crippen LogP) is 5.52. The molecule has 0 fully saturated rings. The van der Waals surface area contributed by atoms with Crippen LogP contribution < -0.4 is 14.5 Å². The molecule has 0 unspecified atom stereocenters. The highest BCUT2D eigenvalue weighted by molar-refractivity contribution is 5.73. The van der Waals surface area contributed by atoms with Gasteiger partial charge >= 0.3 is 0 Å². The van der Waals surface area contributed by atoms with Gasteiger partial charge in [0.05, 0.1) is 14.2 Å². The molecule has 1 N–H and O–H groups in total. The third-order valence-electron chi connectivity index (χ3n) is 4.78. The van der Waals surface area contributed by atoms with Crippen LogP contribution in [0.3, 0.4) is 0 Å². The molecule has 0 amide bonds. The van der Waals surface area contributed by atoms with E-state index in [4.69, 9.17) is 9.47 Å². The molecule has 4 aromatic rings. The highest BCUT2D eigenvalue weighted by atomic mass is 16.5. The van der Waals surface area contributed by atoms with E-state index in [1.807, 2.05) is 30.3 Å². The van der Waals surface area contributed by atoms with Gasteiger partial charge in [0.15, 0.2) is 0 Å². The minimum absolute atomic E-state index is 0.846. The van der Waals surface area contributed by atoms with Crippen molar-refractivity contribution in [2.24, 2.45) is 0 Å². The number of aromatic nitrogens is 1. The minimum atomic E-state index is 0.846. The summed E-state index contributed by atoms with van der Waals surface area (Å²) in [6.07, 6.45) is 0. The second kappa shape index (κ2) is 7.97. The molecule has 3 heteroatoms. The van der Waals surface area contributed by atoms with Crippen molar-refractivity contribution in [3.8, 4) is 45.1 Å². The Morgan fingerprint density at radius 3 is 1.39 bits per heavy atom. The number of ether oxygens (including phenoxy) is 2. The Kier molecular flexibility index (Phi) is 5.07. The smallest absolute Gasteiger partial charge is 0.211 e. The molecular formula is C25H22NO2+. The van der Waals surface area contributed by atoms with Crippen LogP contribution in [-0.2, 0) is 0 Å². The van der Waals surface area contributed by atoms with Crippen LogP contribution in [0.4, 0.5) is 0 Å². The number of H-pyrrole nitrogens is 1. The van der Waals surface area contributed by atoms with E-state index < -0.39 is 0 Å². The van der Waals surface area contributed by atoms with Crippen molar-refractivity contribution in [2.45, 2.75) is 0 Å². The van der Waals surface area contributed by atoms with Gasteiger partial charge in [0, 0.05) is 23.3 Å². The second-order valence-corrected chi connectivity index (χ2v) is 6.52. The van der Waals surface area contributed by atoms with Gasteiger partial charge in [0.2, 0.25) is 11.4 Å². The zero-order valence-corrected chi connectivity index (χ0v) is 16.0. The largest absolute Gasteiger partial charge is 0.497 e. The summed E-state index contributed by atoms with van der Waals surface area (Å²) >= 11 is 0. The quantitative estimate of drug-likeness (QED) is 0.465. The van der Waals surface area contributed by atoms with Crippen LogP contribution in [0.2, 0.25) is 0 Å². The molecular weight excluding hydrogens is 346 g/mol. The van der Waals surface area contributed by atoms with E-state index in [2.05, 4.69) is 65.6 Å². The Bertz CT molecular complexity index is 990. The molecule has 0 saturated heterocycles. The van der Waals surface area contributed by atoms with Gasteiger partial charge in [0.1, 0.15) is 11.5 Å². The topological polar surface area (TPSA) is 32.6 Å². The summed E-state index contributed by atoms with van der Waals surface area (Å²) < 4.78 is 10.6. The van der Waals surface area contributed by atoms with Gasteiger partial charge in [0.25, 0.3) is 0 Å². The van der Waals surface area contributed by atoms with E-state index in [0.29, 0.717) is 0 Å². The van der Waals surface area contributed by atoms with Gasteiger partial charge in [-0.25, -0.2) is 4.98 Å². The van der Waals surface area contributed by atoms with E-state index in [1.165, 1.54) is 5.56 Å². The number of aromatic amines is 1. The van der Waals surface area contributed by atoms with Crippen molar-refractivity contribution in [1.29, 1.82) is 0 Å². The van der Waals surface area contributed by atoms with E-state index in [0.717, 1.165) is 39.6 Å². The number of hydrogen-bond acceptors (Lipinski definition) is 2. The molecule has 0 aliphatic heterocycles. The van der Waals surface area contributed by atoms with E-state index in [9.17, 15) is 0 Å². The lowest BCUT2D eigenvalue weighted by Gasteiger charge is -2.07. The molecule has 28 heavy (non-hydrogen) atoms. The van der Waals surface area contributed by atoms with Crippen molar-refractivity contribution < 1.29 is 14.5 Å². The average Bonchev–Trinajstić information content (AvgIpc) is 2.79. The fourth-order valence-corrected chi connectivity index (χ4v) is 3.22. The average molecular weight is 368 g/mol. The highest BCUT2D eigenvalue weighted by Gasteiger charge is 2.15. The molecule has 0 aliphatic carbocycles. The molecule has 1 heterocycles. The Balaban J connectivity index is 1.84. The van der Waals surface area contributed by atoms with E-state index in [-0.39, 0.29) is 0 Å². The summed E-state index contributed by atoms with van der Waals surface area (Å²) in [4.78, 5) is 3.58. The Labute approximate surface area is 165 Å². The number of rotatable bonds is 5. The summed E-state index contributed by atoms with van der Waals surface area (Å²) in [7, 11) is 3.36. The van der Waals surface area contributed by atoms with Gasteiger partial charge in [-0.15, -0.1) is 0 Å². The van der Waals surface area contributed by atoms with Crippen molar-refractivity contribution in [3.63, 3.8) is 0 Å². The van der Waals surface area contributed by atoms with Gasteiger partial charge in [-0.1, -0.05) is 30.3 Å². The third kappa shape index (κ3) is 3.74. The maximum absolute atomic E-state index is 5.29. The Hall–Kier alpha value is -3.59. The molecule has 0 aliphatic rings. The first-order valence-corrected chi connectivity index (χ1v) is 9.18. The first-order valence-electron chi connectivity index (χ1n) is 9.18. The summed E-state index contributed by atoms with van der Waals surface area (Å²) in [6, 6.07) is 31.0. The molecule has 1 aromatic heterocycles. The first kappa shape index (κ1) is 17.8. The molecule has 4 rings (SSSR count). The highest BCUT2D eigenvalue weighted by Crippen LogP contribution is 2.29. The lowest BCUT2D eigenvalue weighted by molar-refractivity contribution is -0.351. The predicted molar refractivity (Wildman–Crippen MR) is 112 cm³/mol.